The molecule has 1 aliphatic carbocycles. The zero-order valence-corrected chi connectivity index (χ0v) is 19.0. The third-order valence-corrected chi connectivity index (χ3v) is 5.99. The molecule has 3 aromatic rings. The molecule has 0 radical (unpaired) electrons. The molecule has 1 aromatic heterocycles. The van der Waals surface area contributed by atoms with E-state index in [1.54, 1.807) is 49.4 Å². The van der Waals surface area contributed by atoms with Gasteiger partial charge in [0.1, 0.15) is 11.5 Å². The maximum Gasteiger partial charge on any atom is 0.335 e. The summed E-state index contributed by atoms with van der Waals surface area (Å²) in [6.07, 6.45) is 3.98. The molecular formula is C28H27N3O5. The topological polar surface area (TPSA) is 112 Å². The van der Waals surface area contributed by atoms with Crippen LogP contribution in [0.5, 0.6) is 0 Å². The number of carboxylic acid groups (broad SMARTS) is 1. The molecule has 0 spiro atoms. The number of benzene rings is 2. The van der Waals surface area contributed by atoms with Crippen LogP contribution in [-0.2, 0) is 4.79 Å². The second-order valence-corrected chi connectivity index (χ2v) is 8.65. The average Bonchev–Trinajstić information content (AvgIpc) is 3.51. The number of nitrogens with zero attached hydrogens (tertiary/aromatic N) is 2. The van der Waals surface area contributed by atoms with Crippen LogP contribution in [0.15, 0.2) is 75.8 Å². The third-order valence-electron chi connectivity index (χ3n) is 5.99. The number of carbonyl (C=O) groups excluding carboxylic acids is 2. The lowest BCUT2D eigenvalue weighted by atomic mass is 10.1. The van der Waals surface area contributed by atoms with Gasteiger partial charge in [-0.25, -0.2) is 4.79 Å². The van der Waals surface area contributed by atoms with Gasteiger partial charge >= 0.3 is 5.97 Å². The van der Waals surface area contributed by atoms with Gasteiger partial charge in [-0.2, -0.15) is 10.1 Å². The van der Waals surface area contributed by atoms with Crippen molar-refractivity contribution in [1.82, 2.24) is 5.32 Å². The molecule has 0 saturated heterocycles. The molecule has 2 aromatic carbocycles. The Bertz CT molecular complexity index is 1380. The minimum Gasteiger partial charge on any atom is -0.478 e. The molecule has 184 valence electrons. The lowest BCUT2D eigenvalue weighted by molar-refractivity contribution is -0.114. The minimum absolute atomic E-state index is 0. The molecule has 8 nitrogen and oxygen atoms in total. The predicted octanol–water partition coefficient (Wildman–Crippen LogP) is 5.23. The average molecular weight is 486 g/mol. The van der Waals surface area contributed by atoms with Crippen molar-refractivity contribution in [3.05, 3.63) is 83.1 Å². The first kappa shape index (κ1) is 24.7. The van der Waals surface area contributed by atoms with Crippen molar-refractivity contribution in [2.75, 3.05) is 11.6 Å². The molecule has 0 bridgehead atoms. The number of aromatic carboxylic acids is 1. The van der Waals surface area contributed by atoms with Gasteiger partial charge in [0.25, 0.3) is 11.8 Å². The molecule has 0 atom stereocenters. The number of anilines is 1. The van der Waals surface area contributed by atoms with Crippen molar-refractivity contribution in [2.45, 2.75) is 27.2 Å². The van der Waals surface area contributed by atoms with Crippen LogP contribution in [0.3, 0.4) is 0 Å². The number of amides is 2. The van der Waals surface area contributed by atoms with E-state index in [-0.39, 0.29) is 24.8 Å². The third kappa shape index (κ3) is 5.12. The number of carbonyl (C=O) groups is 3. The quantitative estimate of drug-likeness (QED) is 0.445. The van der Waals surface area contributed by atoms with Crippen LogP contribution in [0.25, 0.3) is 17.4 Å². The fraction of sp³-hybridized carbons (Fsp3) is 0.214. The molecule has 2 aliphatic rings. The first-order valence-electron chi connectivity index (χ1n) is 11.3. The Morgan fingerprint density at radius 1 is 1.11 bits per heavy atom. The van der Waals surface area contributed by atoms with Crippen molar-refractivity contribution < 1.29 is 23.9 Å². The van der Waals surface area contributed by atoms with Gasteiger partial charge in [0.05, 0.1) is 22.5 Å². The summed E-state index contributed by atoms with van der Waals surface area (Å²) >= 11 is 0. The summed E-state index contributed by atoms with van der Waals surface area (Å²) < 4.78 is 5.93. The molecule has 0 unspecified atom stereocenters. The van der Waals surface area contributed by atoms with Gasteiger partial charge in [0.2, 0.25) is 0 Å². The fourth-order valence-corrected chi connectivity index (χ4v) is 3.80. The lowest BCUT2D eigenvalue weighted by Crippen LogP contribution is -2.25. The van der Waals surface area contributed by atoms with E-state index in [1.807, 2.05) is 12.1 Å². The zero-order chi connectivity index (χ0) is 24.5. The van der Waals surface area contributed by atoms with Crippen LogP contribution < -0.4 is 10.3 Å². The molecule has 1 aliphatic heterocycles. The van der Waals surface area contributed by atoms with Gasteiger partial charge in [0.15, 0.2) is 0 Å². The summed E-state index contributed by atoms with van der Waals surface area (Å²) in [4.78, 5) is 36.5. The van der Waals surface area contributed by atoms with E-state index in [0.29, 0.717) is 40.0 Å². The van der Waals surface area contributed by atoms with E-state index in [2.05, 4.69) is 10.4 Å². The van der Waals surface area contributed by atoms with E-state index in [4.69, 9.17) is 4.42 Å². The molecular weight excluding hydrogens is 458 g/mol. The van der Waals surface area contributed by atoms with Crippen molar-refractivity contribution >= 4 is 35.3 Å². The molecule has 36 heavy (non-hydrogen) atoms. The van der Waals surface area contributed by atoms with Gasteiger partial charge in [-0.15, -0.1) is 0 Å². The van der Waals surface area contributed by atoms with E-state index in [1.165, 1.54) is 30.0 Å². The summed E-state index contributed by atoms with van der Waals surface area (Å²) in [5.41, 5.74) is 2.70. The highest BCUT2D eigenvalue weighted by molar-refractivity contribution is 6.32. The summed E-state index contributed by atoms with van der Waals surface area (Å²) in [5.74, 6) is 0.172. The van der Waals surface area contributed by atoms with E-state index < -0.39 is 5.97 Å². The number of hydrogen-bond donors (Lipinski definition) is 2. The van der Waals surface area contributed by atoms with Crippen LogP contribution >= 0.6 is 0 Å². The maximum atomic E-state index is 13.0. The first-order valence-corrected chi connectivity index (χ1v) is 11.3. The molecule has 8 heteroatoms. The summed E-state index contributed by atoms with van der Waals surface area (Å²) in [7, 11) is 0. The predicted molar refractivity (Wildman–Crippen MR) is 138 cm³/mol. The second-order valence-electron chi connectivity index (χ2n) is 8.65. The standard InChI is InChI=1S/C27H23N3O5.CH4/c1-16-23(26(32)30(29-16)21-4-2-3-20(13-21)27(33)34)14-22-11-12-24(35-22)18-7-9-19(10-8-18)25(31)28-15-17-5-6-17;/h2-4,7-14,17H,5-6,15H2,1H3,(H,28,31)(H,33,34);1H4/b23-14-;. The normalized spacial score (nSPS) is 16.0. The molecule has 1 saturated carbocycles. The second kappa shape index (κ2) is 10.0. The summed E-state index contributed by atoms with van der Waals surface area (Å²) in [6.45, 7) is 2.43. The maximum absolute atomic E-state index is 13.0. The molecule has 5 rings (SSSR count). The van der Waals surface area contributed by atoms with Crippen LogP contribution in [0, 0.1) is 5.92 Å². The van der Waals surface area contributed by atoms with Crippen molar-refractivity contribution in [3.63, 3.8) is 0 Å². The van der Waals surface area contributed by atoms with E-state index in [0.717, 1.165) is 12.1 Å². The summed E-state index contributed by atoms with van der Waals surface area (Å²) in [6, 6.07) is 16.8. The Hall–Kier alpha value is -4.46. The highest BCUT2D eigenvalue weighted by atomic mass is 16.4. The van der Waals surface area contributed by atoms with Gasteiger partial charge in [0, 0.05) is 17.7 Å². The monoisotopic (exact) mass is 485 g/mol. The Balaban J connectivity index is 0.00000304. The Morgan fingerprint density at radius 2 is 1.86 bits per heavy atom. The number of rotatable bonds is 7. The van der Waals surface area contributed by atoms with Gasteiger partial charge in [-0.05, 0) is 74.2 Å². The molecule has 2 amide bonds. The number of furan rings is 1. The van der Waals surface area contributed by atoms with Gasteiger partial charge in [-0.1, -0.05) is 25.6 Å². The molecule has 2 heterocycles. The van der Waals surface area contributed by atoms with Gasteiger partial charge in [-0.3, -0.25) is 9.59 Å². The van der Waals surface area contributed by atoms with Crippen LogP contribution in [0.4, 0.5) is 5.69 Å². The number of hydrazone groups is 1. The van der Waals surface area contributed by atoms with E-state index in [9.17, 15) is 19.5 Å². The number of nitrogens with one attached hydrogen (secondary N) is 1. The molecule has 1 fully saturated rings. The van der Waals surface area contributed by atoms with Crippen LogP contribution in [0.2, 0.25) is 0 Å². The lowest BCUT2D eigenvalue weighted by Gasteiger charge is -2.12. The zero-order valence-electron chi connectivity index (χ0n) is 19.0. The summed E-state index contributed by atoms with van der Waals surface area (Å²) in [5, 5.41) is 17.7. The van der Waals surface area contributed by atoms with Gasteiger partial charge < -0.3 is 14.8 Å². The fourth-order valence-electron chi connectivity index (χ4n) is 3.80. The van der Waals surface area contributed by atoms with Crippen LogP contribution in [-0.4, -0.2) is 35.1 Å². The number of carboxylic acids is 1. The van der Waals surface area contributed by atoms with Crippen LogP contribution in [0.1, 0.15) is 53.7 Å². The van der Waals surface area contributed by atoms with Crippen molar-refractivity contribution in [1.29, 1.82) is 0 Å². The first-order chi connectivity index (χ1) is 16.9. The minimum atomic E-state index is -1.08. The van der Waals surface area contributed by atoms with Crippen molar-refractivity contribution in [3.8, 4) is 11.3 Å². The smallest absolute Gasteiger partial charge is 0.335 e. The SMILES string of the molecule is C.CC1=NN(c2cccc(C(=O)O)c2)C(=O)/C1=C\c1ccc(-c2ccc(C(=O)NCC3CC3)cc2)o1. The highest BCUT2D eigenvalue weighted by Crippen LogP contribution is 2.29. The number of hydrogen-bond acceptors (Lipinski definition) is 5. The Kier molecular flexibility index (Phi) is 6.87. The highest BCUT2D eigenvalue weighted by Gasteiger charge is 2.29. The largest absolute Gasteiger partial charge is 0.478 e. The van der Waals surface area contributed by atoms with E-state index >= 15 is 0 Å². The molecule has 2 N–H and O–H groups in total. The van der Waals surface area contributed by atoms with Crippen molar-refractivity contribution in [2.24, 2.45) is 11.0 Å². The Labute approximate surface area is 208 Å². The Morgan fingerprint density at radius 3 is 2.56 bits per heavy atom.